The Morgan fingerprint density at radius 2 is 1.94 bits per heavy atom. The van der Waals surface area contributed by atoms with Crippen LogP contribution in [0.1, 0.15) is 13.8 Å². The van der Waals surface area contributed by atoms with Crippen molar-refractivity contribution in [3.05, 3.63) is 0 Å². The largest absolute Gasteiger partial charge is 0.481 e. The molecule has 96 valence electrons. The molecule has 0 atom stereocenters. The topological polar surface area (TPSA) is 113 Å². The summed E-state index contributed by atoms with van der Waals surface area (Å²) in [5.74, 6) is -1.87. The fourth-order valence-electron chi connectivity index (χ4n) is 1.30. The minimum absolute atomic E-state index is 0.134. The molecule has 7 nitrogen and oxygen atoms in total. The van der Waals surface area contributed by atoms with Gasteiger partial charge in [-0.15, -0.1) is 0 Å². The van der Waals surface area contributed by atoms with E-state index < -0.39 is 23.2 Å². The highest BCUT2D eigenvalue weighted by Gasteiger charge is 2.36. The average Bonchev–Trinajstić information content (AvgIpc) is 2.11. The lowest BCUT2D eigenvalue weighted by molar-refractivity contribution is -0.146. The highest BCUT2D eigenvalue weighted by Crippen LogP contribution is 2.16. The monoisotopic (exact) mass is 243 g/mol. The van der Waals surface area contributed by atoms with Gasteiger partial charge < -0.3 is 21.1 Å². The van der Waals surface area contributed by atoms with E-state index >= 15 is 0 Å². The first kappa shape index (κ1) is 13.3. The van der Waals surface area contributed by atoms with Gasteiger partial charge in [-0.25, -0.2) is 4.79 Å². The van der Waals surface area contributed by atoms with Crippen molar-refractivity contribution < 1.29 is 19.5 Å². The van der Waals surface area contributed by atoms with E-state index in [2.05, 4.69) is 5.32 Å². The molecule has 1 aliphatic rings. The van der Waals surface area contributed by atoms with Crippen molar-refractivity contribution >= 4 is 17.9 Å². The molecular formula is C10H17N3O4. The van der Waals surface area contributed by atoms with Gasteiger partial charge in [0, 0.05) is 19.6 Å². The summed E-state index contributed by atoms with van der Waals surface area (Å²) in [5, 5.41) is 11.2. The van der Waals surface area contributed by atoms with E-state index in [1.165, 1.54) is 4.90 Å². The third-order valence-electron chi connectivity index (χ3n) is 2.87. The van der Waals surface area contributed by atoms with Crippen LogP contribution in [0.4, 0.5) is 4.79 Å². The SMILES string of the molecule is CC(C)(CNC(=O)N1CC(C(=O)O)C1)C(N)=O. The molecule has 0 radical (unpaired) electrons. The number of carbonyl (C=O) groups is 3. The number of rotatable bonds is 4. The summed E-state index contributed by atoms with van der Waals surface area (Å²) in [5.41, 5.74) is 4.35. The lowest BCUT2D eigenvalue weighted by atomic mass is 9.93. The van der Waals surface area contributed by atoms with Gasteiger partial charge in [0.1, 0.15) is 0 Å². The van der Waals surface area contributed by atoms with Gasteiger partial charge in [0.25, 0.3) is 0 Å². The fraction of sp³-hybridized carbons (Fsp3) is 0.700. The van der Waals surface area contributed by atoms with Crippen LogP contribution in [0.15, 0.2) is 0 Å². The average molecular weight is 243 g/mol. The van der Waals surface area contributed by atoms with E-state index in [0.717, 1.165) is 0 Å². The van der Waals surface area contributed by atoms with E-state index in [4.69, 9.17) is 10.8 Å². The van der Waals surface area contributed by atoms with Gasteiger partial charge in [-0.2, -0.15) is 0 Å². The Balaban J connectivity index is 2.33. The Bertz CT molecular complexity index is 347. The molecule has 0 saturated carbocycles. The normalized spacial score (nSPS) is 16.2. The summed E-state index contributed by atoms with van der Waals surface area (Å²) in [6.45, 7) is 3.81. The van der Waals surface area contributed by atoms with Gasteiger partial charge in [0.2, 0.25) is 5.91 Å². The van der Waals surface area contributed by atoms with Crippen LogP contribution >= 0.6 is 0 Å². The molecule has 17 heavy (non-hydrogen) atoms. The smallest absolute Gasteiger partial charge is 0.317 e. The molecule has 0 aromatic carbocycles. The van der Waals surface area contributed by atoms with Crippen LogP contribution < -0.4 is 11.1 Å². The van der Waals surface area contributed by atoms with Crippen LogP contribution in [0.2, 0.25) is 0 Å². The van der Waals surface area contributed by atoms with E-state index in [0.29, 0.717) is 0 Å². The van der Waals surface area contributed by atoms with Gasteiger partial charge in [-0.05, 0) is 13.8 Å². The molecule has 0 aliphatic carbocycles. The second kappa shape index (κ2) is 4.60. The van der Waals surface area contributed by atoms with Crippen LogP contribution in [0.25, 0.3) is 0 Å². The van der Waals surface area contributed by atoms with Gasteiger partial charge in [-0.3, -0.25) is 9.59 Å². The highest BCUT2D eigenvalue weighted by molar-refractivity contribution is 5.82. The predicted molar refractivity (Wildman–Crippen MR) is 59.1 cm³/mol. The Morgan fingerprint density at radius 1 is 1.41 bits per heavy atom. The zero-order valence-corrected chi connectivity index (χ0v) is 9.90. The molecule has 7 heteroatoms. The maximum atomic E-state index is 11.5. The molecule has 1 aliphatic heterocycles. The summed E-state index contributed by atoms with van der Waals surface area (Å²) in [7, 11) is 0. The molecule has 0 aromatic rings. The van der Waals surface area contributed by atoms with E-state index in [1.54, 1.807) is 13.8 Å². The van der Waals surface area contributed by atoms with Crippen LogP contribution in [0, 0.1) is 11.3 Å². The van der Waals surface area contributed by atoms with Gasteiger partial charge in [0.05, 0.1) is 11.3 Å². The molecule has 1 saturated heterocycles. The van der Waals surface area contributed by atoms with Crippen LogP contribution in [-0.2, 0) is 9.59 Å². The van der Waals surface area contributed by atoms with Crippen LogP contribution in [0.3, 0.4) is 0 Å². The van der Waals surface area contributed by atoms with E-state index in [1.807, 2.05) is 0 Å². The van der Waals surface area contributed by atoms with Crippen molar-refractivity contribution in [2.75, 3.05) is 19.6 Å². The number of carbonyl (C=O) groups excluding carboxylic acids is 2. The number of hydrogen-bond donors (Lipinski definition) is 3. The zero-order valence-electron chi connectivity index (χ0n) is 9.90. The third kappa shape index (κ3) is 3.08. The summed E-state index contributed by atoms with van der Waals surface area (Å²) in [6, 6.07) is -0.364. The molecule has 4 N–H and O–H groups in total. The minimum Gasteiger partial charge on any atom is -0.481 e. The Labute approximate surface area is 98.9 Å². The number of carboxylic acid groups (broad SMARTS) is 1. The number of nitrogens with one attached hydrogen (secondary N) is 1. The maximum Gasteiger partial charge on any atom is 0.317 e. The molecule has 1 rings (SSSR count). The standard InChI is InChI=1S/C10H17N3O4/c1-10(2,8(11)16)5-12-9(17)13-3-6(4-13)7(14)15/h6H,3-5H2,1-2H3,(H2,11,16)(H,12,17)(H,14,15). The molecular weight excluding hydrogens is 226 g/mol. The molecule has 0 spiro atoms. The molecule has 3 amide bonds. The highest BCUT2D eigenvalue weighted by atomic mass is 16.4. The molecule has 1 fully saturated rings. The number of hydrogen-bond acceptors (Lipinski definition) is 3. The Kier molecular flexibility index (Phi) is 3.59. The third-order valence-corrected chi connectivity index (χ3v) is 2.87. The Morgan fingerprint density at radius 3 is 2.35 bits per heavy atom. The number of nitrogens with zero attached hydrogens (tertiary/aromatic N) is 1. The number of nitrogens with two attached hydrogens (primary N) is 1. The van der Waals surface area contributed by atoms with E-state index in [9.17, 15) is 14.4 Å². The molecule has 0 bridgehead atoms. The van der Waals surface area contributed by atoms with Crippen molar-refractivity contribution in [1.82, 2.24) is 10.2 Å². The van der Waals surface area contributed by atoms with Crippen molar-refractivity contribution in [1.29, 1.82) is 0 Å². The quantitative estimate of drug-likeness (QED) is 0.601. The molecule has 0 aromatic heterocycles. The summed E-state index contributed by atoms with van der Waals surface area (Å²) < 4.78 is 0. The Hall–Kier alpha value is -1.79. The lowest BCUT2D eigenvalue weighted by Gasteiger charge is -2.37. The zero-order chi connectivity index (χ0) is 13.2. The van der Waals surface area contributed by atoms with Crippen LogP contribution in [-0.4, -0.2) is 47.5 Å². The lowest BCUT2D eigenvalue weighted by Crippen LogP contribution is -2.57. The summed E-state index contributed by atoms with van der Waals surface area (Å²) in [4.78, 5) is 34.5. The number of amides is 3. The van der Waals surface area contributed by atoms with Crippen molar-refractivity contribution in [3.8, 4) is 0 Å². The van der Waals surface area contributed by atoms with Crippen molar-refractivity contribution in [2.24, 2.45) is 17.1 Å². The summed E-state index contributed by atoms with van der Waals surface area (Å²) >= 11 is 0. The van der Waals surface area contributed by atoms with Crippen molar-refractivity contribution in [3.63, 3.8) is 0 Å². The first-order valence-electron chi connectivity index (χ1n) is 5.29. The summed E-state index contributed by atoms with van der Waals surface area (Å²) in [6.07, 6.45) is 0. The first-order chi connectivity index (χ1) is 7.74. The second-order valence-corrected chi connectivity index (χ2v) is 4.85. The van der Waals surface area contributed by atoms with Gasteiger partial charge in [-0.1, -0.05) is 0 Å². The fourth-order valence-corrected chi connectivity index (χ4v) is 1.30. The maximum absolute atomic E-state index is 11.5. The molecule has 1 heterocycles. The minimum atomic E-state index is -0.897. The van der Waals surface area contributed by atoms with Gasteiger partial charge >= 0.3 is 12.0 Å². The van der Waals surface area contributed by atoms with Crippen LogP contribution in [0.5, 0.6) is 0 Å². The first-order valence-corrected chi connectivity index (χ1v) is 5.29. The second-order valence-electron chi connectivity index (χ2n) is 4.85. The number of carboxylic acids is 1. The number of primary amides is 1. The number of urea groups is 1. The van der Waals surface area contributed by atoms with Gasteiger partial charge in [0.15, 0.2) is 0 Å². The van der Waals surface area contributed by atoms with Crippen molar-refractivity contribution in [2.45, 2.75) is 13.8 Å². The predicted octanol–water partition coefficient (Wildman–Crippen LogP) is -0.776. The number of likely N-dealkylation sites (tertiary alicyclic amines) is 1. The van der Waals surface area contributed by atoms with E-state index in [-0.39, 0.29) is 25.7 Å². The number of aliphatic carboxylic acids is 1. The molecule has 0 unspecified atom stereocenters.